The molecule has 1 fully saturated rings. The number of urea groups is 1. The highest BCUT2D eigenvalue weighted by molar-refractivity contribution is 7.90. The van der Waals surface area contributed by atoms with Crippen molar-refractivity contribution in [3.05, 3.63) is 65.7 Å². The first kappa shape index (κ1) is 25.7. The lowest BCUT2D eigenvalue weighted by Gasteiger charge is -2.39. The molecule has 3 amide bonds. The Hall–Kier alpha value is -2.87. The summed E-state index contributed by atoms with van der Waals surface area (Å²) in [5.41, 5.74) is 1.83. The van der Waals surface area contributed by atoms with E-state index in [1.807, 2.05) is 6.07 Å². The Morgan fingerprint density at radius 1 is 0.941 bits per heavy atom. The molecule has 0 bridgehead atoms. The highest BCUT2D eigenvalue weighted by atomic mass is 32.2. The predicted octanol–water partition coefficient (Wildman–Crippen LogP) is 4.40. The van der Waals surface area contributed by atoms with Crippen molar-refractivity contribution in [1.82, 2.24) is 15.4 Å². The fraction of sp³-hybridized carbons (Fsp3) is 0.462. The first-order valence-electron chi connectivity index (χ1n) is 12.0. The van der Waals surface area contributed by atoms with Crippen molar-refractivity contribution in [3.63, 3.8) is 0 Å². The molecule has 8 heteroatoms. The van der Waals surface area contributed by atoms with Crippen LogP contribution in [0.5, 0.6) is 0 Å². The van der Waals surface area contributed by atoms with Crippen LogP contribution in [0.2, 0.25) is 0 Å². The zero-order valence-corrected chi connectivity index (χ0v) is 20.8. The van der Waals surface area contributed by atoms with Gasteiger partial charge in [-0.25, -0.2) is 17.9 Å². The van der Waals surface area contributed by atoms with E-state index in [2.05, 4.69) is 29.2 Å². The van der Waals surface area contributed by atoms with Gasteiger partial charge < -0.3 is 10.6 Å². The summed E-state index contributed by atoms with van der Waals surface area (Å²) in [5.74, 6) is -0.150. The van der Waals surface area contributed by atoms with Gasteiger partial charge in [-0.3, -0.25) is 4.79 Å². The van der Waals surface area contributed by atoms with Gasteiger partial charge in [0.25, 0.3) is 15.9 Å². The minimum atomic E-state index is -3.96. The normalized spacial score (nSPS) is 15.9. The molecule has 1 aliphatic rings. The van der Waals surface area contributed by atoms with Crippen molar-refractivity contribution in [1.29, 1.82) is 0 Å². The second-order valence-corrected chi connectivity index (χ2v) is 10.8. The Morgan fingerprint density at radius 2 is 1.56 bits per heavy atom. The quantitative estimate of drug-likeness (QED) is 0.490. The summed E-state index contributed by atoms with van der Waals surface area (Å²) in [6.45, 7) is 4.85. The summed E-state index contributed by atoms with van der Waals surface area (Å²) in [6, 6.07) is 14.6. The Morgan fingerprint density at radius 3 is 2.15 bits per heavy atom. The van der Waals surface area contributed by atoms with Gasteiger partial charge in [0, 0.05) is 18.2 Å². The van der Waals surface area contributed by atoms with E-state index >= 15 is 0 Å². The van der Waals surface area contributed by atoms with Crippen LogP contribution >= 0.6 is 0 Å². The number of sulfonamides is 1. The Labute approximate surface area is 202 Å². The van der Waals surface area contributed by atoms with Crippen molar-refractivity contribution >= 4 is 22.0 Å². The highest BCUT2D eigenvalue weighted by Gasteiger charge is 2.33. The number of carbonyl (C=O) groups excluding carboxylic acids is 2. The van der Waals surface area contributed by atoms with Crippen LogP contribution in [-0.2, 0) is 16.4 Å². The zero-order valence-electron chi connectivity index (χ0n) is 20.0. The van der Waals surface area contributed by atoms with Gasteiger partial charge in [0.15, 0.2) is 0 Å². The summed E-state index contributed by atoms with van der Waals surface area (Å²) in [4.78, 5) is 24.5. The van der Waals surface area contributed by atoms with Crippen LogP contribution in [0, 0.1) is 5.41 Å². The molecule has 7 nitrogen and oxygen atoms in total. The van der Waals surface area contributed by atoms with Gasteiger partial charge in [0.1, 0.15) is 0 Å². The number of rotatable bonds is 9. The molecule has 0 radical (unpaired) electrons. The van der Waals surface area contributed by atoms with E-state index in [1.54, 1.807) is 36.4 Å². The van der Waals surface area contributed by atoms with Crippen molar-refractivity contribution in [2.75, 3.05) is 6.54 Å². The standard InChI is InChI=1S/C26H35N3O4S/c1-3-26(4-2)17-14-22(15-18-26)28-25(31)29-34(32,33)23-12-10-20(11-13-23)16-19-27-24(30)21-8-6-5-7-9-21/h5-13,22H,3-4,14-19H2,1-2H3,(H,27,30)(H2,28,29,31). The summed E-state index contributed by atoms with van der Waals surface area (Å²) >= 11 is 0. The molecule has 184 valence electrons. The second kappa shape index (κ2) is 11.5. The topological polar surface area (TPSA) is 104 Å². The number of carbonyl (C=O) groups is 2. The van der Waals surface area contributed by atoms with Crippen LogP contribution in [0.1, 0.15) is 68.3 Å². The minimum absolute atomic E-state index is 0.00472. The lowest BCUT2D eigenvalue weighted by atomic mass is 9.69. The number of nitrogens with one attached hydrogen (secondary N) is 3. The molecular weight excluding hydrogens is 450 g/mol. The number of hydrogen-bond donors (Lipinski definition) is 3. The van der Waals surface area contributed by atoms with Gasteiger partial charge in [0.05, 0.1) is 4.90 Å². The van der Waals surface area contributed by atoms with Crippen molar-refractivity contribution in [2.24, 2.45) is 5.41 Å². The van der Waals surface area contributed by atoms with Crippen LogP contribution < -0.4 is 15.4 Å². The van der Waals surface area contributed by atoms with E-state index in [9.17, 15) is 18.0 Å². The number of amides is 3. The maximum absolute atomic E-state index is 12.6. The third-order valence-electron chi connectivity index (χ3n) is 7.08. The van der Waals surface area contributed by atoms with Gasteiger partial charge in [-0.2, -0.15) is 0 Å². The number of hydrogen-bond acceptors (Lipinski definition) is 4. The van der Waals surface area contributed by atoms with Gasteiger partial charge in [-0.05, 0) is 67.3 Å². The molecule has 3 N–H and O–H groups in total. The molecule has 2 aromatic rings. The SMILES string of the molecule is CCC1(CC)CCC(NC(=O)NS(=O)(=O)c2ccc(CCNC(=O)c3ccccc3)cc2)CC1. The minimum Gasteiger partial charge on any atom is -0.352 e. The largest absolute Gasteiger partial charge is 0.352 e. The van der Waals surface area contributed by atoms with Crippen molar-refractivity contribution in [3.8, 4) is 0 Å². The predicted molar refractivity (Wildman–Crippen MR) is 133 cm³/mol. The van der Waals surface area contributed by atoms with E-state index in [0.29, 0.717) is 23.9 Å². The van der Waals surface area contributed by atoms with Gasteiger partial charge >= 0.3 is 6.03 Å². The van der Waals surface area contributed by atoms with E-state index in [-0.39, 0.29) is 16.8 Å². The summed E-state index contributed by atoms with van der Waals surface area (Å²) in [7, 11) is -3.96. The lowest BCUT2D eigenvalue weighted by Crippen LogP contribution is -2.46. The molecule has 1 saturated carbocycles. The molecule has 0 spiro atoms. The summed E-state index contributed by atoms with van der Waals surface area (Å²) in [5, 5.41) is 5.67. The third-order valence-corrected chi connectivity index (χ3v) is 8.42. The molecule has 34 heavy (non-hydrogen) atoms. The highest BCUT2D eigenvalue weighted by Crippen LogP contribution is 2.41. The maximum Gasteiger partial charge on any atom is 0.328 e. The van der Waals surface area contributed by atoms with Gasteiger partial charge in [-0.1, -0.05) is 57.0 Å². The molecule has 0 aromatic heterocycles. The average Bonchev–Trinajstić information content (AvgIpc) is 2.85. The average molecular weight is 486 g/mol. The van der Waals surface area contributed by atoms with Crippen LogP contribution in [0.3, 0.4) is 0 Å². The Bertz CT molecular complexity index is 1050. The zero-order chi connectivity index (χ0) is 24.6. The number of benzene rings is 2. The second-order valence-electron chi connectivity index (χ2n) is 9.08. The van der Waals surface area contributed by atoms with Crippen molar-refractivity contribution < 1.29 is 18.0 Å². The Kier molecular flexibility index (Phi) is 8.72. The van der Waals surface area contributed by atoms with Crippen LogP contribution in [0.15, 0.2) is 59.5 Å². The first-order chi connectivity index (χ1) is 16.3. The van der Waals surface area contributed by atoms with Gasteiger partial charge in [-0.15, -0.1) is 0 Å². The molecule has 3 rings (SSSR count). The van der Waals surface area contributed by atoms with E-state index < -0.39 is 16.1 Å². The van der Waals surface area contributed by atoms with E-state index in [0.717, 1.165) is 44.1 Å². The summed E-state index contributed by atoms with van der Waals surface area (Å²) in [6.07, 6.45) is 6.65. The molecule has 0 saturated heterocycles. The first-order valence-corrected chi connectivity index (χ1v) is 13.5. The molecular formula is C26H35N3O4S. The molecule has 0 heterocycles. The maximum atomic E-state index is 12.6. The third kappa shape index (κ3) is 6.82. The van der Waals surface area contributed by atoms with E-state index in [4.69, 9.17) is 0 Å². The lowest BCUT2D eigenvalue weighted by molar-refractivity contribution is 0.0954. The van der Waals surface area contributed by atoms with E-state index in [1.165, 1.54) is 12.1 Å². The van der Waals surface area contributed by atoms with Gasteiger partial charge in [0.2, 0.25) is 0 Å². The molecule has 1 aliphatic carbocycles. The smallest absolute Gasteiger partial charge is 0.328 e. The fourth-order valence-corrected chi connectivity index (χ4v) is 5.49. The van der Waals surface area contributed by atoms with Crippen LogP contribution in [-0.4, -0.2) is 32.9 Å². The molecule has 0 aliphatic heterocycles. The monoisotopic (exact) mass is 485 g/mol. The summed E-state index contributed by atoms with van der Waals surface area (Å²) < 4.78 is 27.4. The fourth-order valence-electron chi connectivity index (χ4n) is 4.57. The molecule has 0 atom stereocenters. The Balaban J connectivity index is 1.46. The molecule has 0 unspecified atom stereocenters. The van der Waals surface area contributed by atoms with Crippen LogP contribution in [0.25, 0.3) is 0 Å². The van der Waals surface area contributed by atoms with Crippen LogP contribution in [0.4, 0.5) is 4.79 Å². The van der Waals surface area contributed by atoms with Crippen molar-refractivity contribution in [2.45, 2.75) is 69.7 Å². The molecule has 2 aromatic carbocycles.